The maximum absolute atomic E-state index is 11.1. The zero-order chi connectivity index (χ0) is 15.6. The number of ether oxygens (including phenoxy) is 1. The highest BCUT2D eigenvalue weighted by atomic mass is 32.2. The van der Waals surface area contributed by atoms with Crippen molar-refractivity contribution in [2.75, 3.05) is 19.4 Å². The smallest absolute Gasteiger partial charge is 0.209 e. The van der Waals surface area contributed by atoms with E-state index in [2.05, 4.69) is 30.9 Å². The number of hydrogen-bond acceptors (Lipinski definition) is 4. The predicted octanol–water partition coefficient (Wildman–Crippen LogP) is 1.68. The lowest BCUT2D eigenvalue weighted by Crippen LogP contribution is -2.42. The molecule has 1 heterocycles. The third-order valence-corrected chi connectivity index (χ3v) is 5.08. The molecule has 118 valence electrons. The molecule has 0 saturated heterocycles. The Morgan fingerprint density at radius 1 is 1.38 bits per heavy atom. The topological polar surface area (TPSA) is 72.6 Å². The van der Waals surface area contributed by atoms with Gasteiger partial charge in [-0.15, -0.1) is 0 Å². The summed E-state index contributed by atoms with van der Waals surface area (Å²) in [5, 5.41) is 5.07. The van der Waals surface area contributed by atoms with Crippen LogP contribution < -0.4 is 9.88 Å². The Balaban J connectivity index is 2.11. The summed E-state index contributed by atoms with van der Waals surface area (Å²) in [4.78, 5) is 2.35. The maximum Gasteiger partial charge on any atom is 0.209 e. The minimum absolute atomic E-state index is 0.0401. The van der Waals surface area contributed by atoms with Gasteiger partial charge in [0.15, 0.2) is 0 Å². The van der Waals surface area contributed by atoms with E-state index in [0.717, 1.165) is 18.7 Å². The molecule has 1 aromatic carbocycles. The van der Waals surface area contributed by atoms with Gasteiger partial charge in [0.1, 0.15) is 5.75 Å². The highest BCUT2D eigenvalue weighted by molar-refractivity contribution is 7.89. The SMILES string of the molecule is COc1ccc2c(c1)C[C@H](C)N(CCCS(N)(=O)=O)[C@@H]2C. The van der Waals surface area contributed by atoms with E-state index >= 15 is 0 Å². The van der Waals surface area contributed by atoms with E-state index in [1.807, 2.05) is 6.07 Å². The number of nitrogens with zero attached hydrogens (tertiary/aromatic N) is 1. The number of methoxy groups -OCH3 is 1. The highest BCUT2D eigenvalue weighted by Crippen LogP contribution is 2.34. The van der Waals surface area contributed by atoms with Gasteiger partial charge in [-0.05, 0) is 49.9 Å². The number of fused-ring (bicyclic) bond motifs is 1. The van der Waals surface area contributed by atoms with Crippen molar-refractivity contribution in [3.8, 4) is 5.75 Å². The fourth-order valence-electron chi connectivity index (χ4n) is 3.15. The Labute approximate surface area is 127 Å². The van der Waals surface area contributed by atoms with Crippen LogP contribution in [0.3, 0.4) is 0 Å². The number of benzene rings is 1. The molecule has 0 aromatic heterocycles. The lowest BCUT2D eigenvalue weighted by molar-refractivity contribution is 0.138. The number of primary sulfonamides is 1. The first-order valence-corrected chi connectivity index (χ1v) is 8.96. The van der Waals surface area contributed by atoms with Crippen LogP contribution >= 0.6 is 0 Å². The molecular formula is C15H24N2O3S. The minimum Gasteiger partial charge on any atom is -0.497 e. The van der Waals surface area contributed by atoms with Crippen LogP contribution in [0.1, 0.15) is 37.4 Å². The Morgan fingerprint density at radius 3 is 2.71 bits per heavy atom. The molecule has 0 aliphatic carbocycles. The van der Waals surface area contributed by atoms with Crippen molar-refractivity contribution in [1.82, 2.24) is 4.90 Å². The summed E-state index contributed by atoms with van der Waals surface area (Å²) in [6.07, 6.45) is 1.52. The minimum atomic E-state index is -3.37. The summed E-state index contributed by atoms with van der Waals surface area (Å²) in [5.74, 6) is 0.925. The van der Waals surface area contributed by atoms with E-state index in [9.17, 15) is 8.42 Å². The Hall–Kier alpha value is -1.11. The van der Waals surface area contributed by atoms with Crippen LogP contribution in [0, 0.1) is 0 Å². The fourth-order valence-corrected chi connectivity index (χ4v) is 3.68. The zero-order valence-electron chi connectivity index (χ0n) is 12.9. The first kappa shape index (κ1) is 16.3. The third-order valence-electron chi connectivity index (χ3n) is 4.22. The highest BCUT2D eigenvalue weighted by Gasteiger charge is 2.29. The third kappa shape index (κ3) is 3.96. The molecule has 1 aromatic rings. The molecule has 0 radical (unpaired) electrons. The van der Waals surface area contributed by atoms with Gasteiger partial charge in [0.05, 0.1) is 12.9 Å². The molecule has 0 bridgehead atoms. The Morgan fingerprint density at radius 2 is 2.10 bits per heavy atom. The second-order valence-electron chi connectivity index (χ2n) is 5.75. The monoisotopic (exact) mass is 312 g/mol. The van der Waals surface area contributed by atoms with Crippen molar-refractivity contribution < 1.29 is 13.2 Å². The molecule has 0 amide bonds. The normalized spacial score (nSPS) is 22.9. The van der Waals surface area contributed by atoms with Crippen LogP contribution in [0.5, 0.6) is 5.75 Å². The molecule has 2 rings (SSSR count). The molecule has 0 saturated carbocycles. The fraction of sp³-hybridized carbons (Fsp3) is 0.600. The van der Waals surface area contributed by atoms with Crippen molar-refractivity contribution in [3.63, 3.8) is 0 Å². The van der Waals surface area contributed by atoms with E-state index < -0.39 is 10.0 Å². The van der Waals surface area contributed by atoms with E-state index in [1.165, 1.54) is 11.1 Å². The lowest BCUT2D eigenvalue weighted by Gasteiger charge is -2.40. The number of sulfonamides is 1. The average molecular weight is 312 g/mol. The van der Waals surface area contributed by atoms with Crippen molar-refractivity contribution in [2.24, 2.45) is 5.14 Å². The van der Waals surface area contributed by atoms with Crippen molar-refractivity contribution in [3.05, 3.63) is 29.3 Å². The van der Waals surface area contributed by atoms with Crippen molar-refractivity contribution in [1.29, 1.82) is 0 Å². The van der Waals surface area contributed by atoms with Crippen LogP contribution in [0.4, 0.5) is 0 Å². The molecule has 2 N–H and O–H groups in total. The zero-order valence-corrected chi connectivity index (χ0v) is 13.7. The maximum atomic E-state index is 11.1. The molecule has 5 nitrogen and oxygen atoms in total. The van der Waals surface area contributed by atoms with Gasteiger partial charge >= 0.3 is 0 Å². The summed E-state index contributed by atoms with van der Waals surface area (Å²) in [7, 11) is -1.70. The van der Waals surface area contributed by atoms with E-state index in [1.54, 1.807) is 7.11 Å². The summed E-state index contributed by atoms with van der Waals surface area (Å²) >= 11 is 0. The summed E-state index contributed by atoms with van der Waals surface area (Å²) in [5.41, 5.74) is 2.61. The van der Waals surface area contributed by atoms with Crippen molar-refractivity contribution in [2.45, 2.75) is 38.8 Å². The number of nitrogens with two attached hydrogens (primary N) is 1. The summed E-state index contributed by atoms with van der Waals surface area (Å²) in [6, 6.07) is 6.84. The first-order valence-electron chi connectivity index (χ1n) is 7.25. The van der Waals surface area contributed by atoms with Crippen LogP contribution in [-0.2, 0) is 16.4 Å². The average Bonchev–Trinajstić information content (AvgIpc) is 2.40. The van der Waals surface area contributed by atoms with Gasteiger partial charge in [0, 0.05) is 18.6 Å². The second-order valence-corrected chi connectivity index (χ2v) is 7.49. The quantitative estimate of drug-likeness (QED) is 0.898. The van der Waals surface area contributed by atoms with Gasteiger partial charge in [-0.2, -0.15) is 0 Å². The van der Waals surface area contributed by atoms with Gasteiger partial charge in [0.25, 0.3) is 0 Å². The summed E-state index contributed by atoms with van der Waals surface area (Å²) in [6.45, 7) is 5.08. The standard InChI is InChI=1S/C15H24N2O3S/c1-11-9-13-10-14(20-3)5-6-15(13)12(2)17(11)7-4-8-21(16,18)19/h5-6,10-12H,4,7-9H2,1-3H3,(H2,16,18,19)/t11-,12+/m0/s1. The van der Waals surface area contributed by atoms with E-state index in [0.29, 0.717) is 12.5 Å². The number of hydrogen-bond donors (Lipinski definition) is 1. The molecule has 0 fully saturated rings. The molecule has 6 heteroatoms. The van der Waals surface area contributed by atoms with E-state index in [-0.39, 0.29) is 11.8 Å². The lowest BCUT2D eigenvalue weighted by atomic mass is 9.89. The molecule has 1 aliphatic rings. The molecule has 0 unspecified atom stereocenters. The largest absolute Gasteiger partial charge is 0.497 e. The van der Waals surface area contributed by atoms with Gasteiger partial charge < -0.3 is 4.74 Å². The Bertz CT molecular complexity index is 601. The number of rotatable bonds is 5. The van der Waals surface area contributed by atoms with Gasteiger partial charge in [-0.1, -0.05) is 6.07 Å². The van der Waals surface area contributed by atoms with Crippen LogP contribution in [-0.4, -0.2) is 38.8 Å². The van der Waals surface area contributed by atoms with Crippen LogP contribution in [0.2, 0.25) is 0 Å². The second kappa shape index (κ2) is 6.34. The van der Waals surface area contributed by atoms with Gasteiger partial charge in [0.2, 0.25) is 10.0 Å². The molecule has 0 spiro atoms. The van der Waals surface area contributed by atoms with Crippen molar-refractivity contribution >= 4 is 10.0 Å². The van der Waals surface area contributed by atoms with Gasteiger partial charge in [-0.25, -0.2) is 13.6 Å². The molecule has 2 atom stereocenters. The van der Waals surface area contributed by atoms with Gasteiger partial charge in [-0.3, -0.25) is 4.90 Å². The molecule has 21 heavy (non-hydrogen) atoms. The predicted molar refractivity (Wildman–Crippen MR) is 83.9 cm³/mol. The van der Waals surface area contributed by atoms with E-state index in [4.69, 9.17) is 9.88 Å². The summed E-state index contributed by atoms with van der Waals surface area (Å²) < 4.78 is 27.4. The molecule has 1 aliphatic heterocycles. The Kier molecular flexibility index (Phi) is 4.91. The van der Waals surface area contributed by atoms with Crippen LogP contribution in [0.25, 0.3) is 0 Å². The van der Waals surface area contributed by atoms with Crippen LogP contribution in [0.15, 0.2) is 18.2 Å². The molecular weight excluding hydrogens is 288 g/mol. The first-order chi connectivity index (χ1) is 9.81.